The number of nitrogens with one attached hydrogen (secondary N) is 1. The van der Waals surface area contributed by atoms with E-state index in [4.69, 9.17) is 4.74 Å². The molecule has 7 nitrogen and oxygen atoms in total. The van der Waals surface area contributed by atoms with E-state index in [-0.39, 0.29) is 11.6 Å². The Morgan fingerprint density at radius 3 is 2.86 bits per heavy atom. The summed E-state index contributed by atoms with van der Waals surface area (Å²) in [5, 5.41) is 14.0. The SMILES string of the molecule is CCc1ccc(OCCCC(=O)Nc2nc3ccc([N+](=O)[O-])cc3s2)c(Br)c1. The largest absolute Gasteiger partial charge is 0.492 e. The average Bonchev–Trinajstić information content (AvgIpc) is 3.07. The second kappa shape index (κ2) is 9.11. The van der Waals surface area contributed by atoms with E-state index in [0.29, 0.717) is 34.8 Å². The quantitative estimate of drug-likeness (QED) is 0.276. The van der Waals surface area contributed by atoms with Crippen LogP contribution in [0.3, 0.4) is 0 Å². The van der Waals surface area contributed by atoms with Crippen LogP contribution in [0.15, 0.2) is 40.9 Å². The van der Waals surface area contributed by atoms with E-state index >= 15 is 0 Å². The summed E-state index contributed by atoms with van der Waals surface area (Å²) in [6, 6.07) is 10.4. The number of hydrogen-bond acceptors (Lipinski definition) is 6. The van der Waals surface area contributed by atoms with E-state index in [0.717, 1.165) is 16.6 Å². The lowest BCUT2D eigenvalue weighted by Gasteiger charge is -2.09. The van der Waals surface area contributed by atoms with Gasteiger partial charge in [-0.2, -0.15) is 0 Å². The number of anilines is 1. The average molecular weight is 464 g/mol. The molecule has 3 rings (SSSR count). The van der Waals surface area contributed by atoms with Gasteiger partial charge in [-0.1, -0.05) is 24.3 Å². The van der Waals surface area contributed by atoms with Gasteiger partial charge >= 0.3 is 0 Å². The van der Waals surface area contributed by atoms with Crippen molar-refractivity contribution in [2.75, 3.05) is 11.9 Å². The third-order valence-electron chi connectivity index (χ3n) is 4.04. The zero-order valence-corrected chi connectivity index (χ0v) is 17.5. The number of benzene rings is 2. The molecule has 1 N–H and O–H groups in total. The van der Waals surface area contributed by atoms with Gasteiger partial charge < -0.3 is 10.1 Å². The molecule has 0 saturated heterocycles. The second-order valence-corrected chi connectivity index (χ2v) is 7.93. The Labute approximate surface area is 174 Å². The molecule has 0 saturated carbocycles. The molecular weight excluding hydrogens is 446 g/mol. The molecular formula is C19H18BrN3O4S. The maximum atomic E-state index is 12.1. The number of amides is 1. The standard InChI is InChI=1S/C19H18BrN3O4S/c1-2-12-5-8-16(14(20)10-12)27-9-3-4-18(24)22-19-21-15-7-6-13(23(25)26)11-17(15)28-19/h5-8,10-11H,2-4,9H2,1H3,(H,21,22,24). The molecule has 28 heavy (non-hydrogen) atoms. The Kier molecular flexibility index (Phi) is 6.58. The van der Waals surface area contributed by atoms with Crippen molar-refractivity contribution in [1.82, 2.24) is 4.98 Å². The van der Waals surface area contributed by atoms with Gasteiger partial charge in [0.15, 0.2) is 5.13 Å². The Morgan fingerprint density at radius 2 is 2.14 bits per heavy atom. The molecule has 9 heteroatoms. The summed E-state index contributed by atoms with van der Waals surface area (Å²) in [5.41, 5.74) is 1.85. The Bertz CT molecular complexity index is 1020. The van der Waals surface area contributed by atoms with Crippen molar-refractivity contribution in [2.24, 2.45) is 0 Å². The molecule has 0 spiro atoms. The Morgan fingerprint density at radius 1 is 1.32 bits per heavy atom. The molecule has 0 unspecified atom stereocenters. The predicted octanol–water partition coefficient (Wildman–Crippen LogP) is 5.33. The number of rotatable bonds is 8. The summed E-state index contributed by atoms with van der Waals surface area (Å²) in [5.74, 6) is 0.586. The number of thiazole rings is 1. The van der Waals surface area contributed by atoms with Gasteiger partial charge in [0, 0.05) is 18.6 Å². The summed E-state index contributed by atoms with van der Waals surface area (Å²) in [6.45, 7) is 2.51. The number of nitrogens with zero attached hydrogens (tertiary/aromatic N) is 2. The fourth-order valence-electron chi connectivity index (χ4n) is 2.56. The van der Waals surface area contributed by atoms with E-state index in [1.54, 1.807) is 6.07 Å². The first-order valence-corrected chi connectivity index (χ1v) is 10.3. The summed E-state index contributed by atoms with van der Waals surface area (Å²) >= 11 is 4.70. The lowest BCUT2D eigenvalue weighted by atomic mass is 10.2. The van der Waals surface area contributed by atoms with Crippen LogP contribution in [0.5, 0.6) is 5.75 Å². The normalized spacial score (nSPS) is 10.8. The van der Waals surface area contributed by atoms with E-state index in [1.807, 2.05) is 18.2 Å². The third kappa shape index (κ3) is 5.05. The zero-order valence-electron chi connectivity index (χ0n) is 15.1. The predicted molar refractivity (Wildman–Crippen MR) is 113 cm³/mol. The topological polar surface area (TPSA) is 94.4 Å². The van der Waals surface area contributed by atoms with E-state index in [2.05, 4.69) is 33.2 Å². The summed E-state index contributed by atoms with van der Waals surface area (Å²) in [7, 11) is 0. The number of ether oxygens (including phenoxy) is 1. The number of halogens is 1. The van der Waals surface area contributed by atoms with Crippen LogP contribution >= 0.6 is 27.3 Å². The molecule has 0 aliphatic rings. The number of carbonyl (C=O) groups is 1. The first-order chi connectivity index (χ1) is 13.5. The minimum Gasteiger partial charge on any atom is -0.492 e. The minimum atomic E-state index is -0.453. The molecule has 146 valence electrons. The first-order valence-electron chi connectivity index (χ1n) is 8.72. The summed E-state index contributed by atoms with van der Waals surface area (Å²) in [6.07, 6.45) is 1.81. The highest BCUT2D eigenvalue weighted by atomic mass is 79.9. The van der Waals surface area contributed by atoms with Crippen LogP contribution in [-0.2, 0) is 11.2 Å². The van der Waals surface area contributed by atoms with Crippen LogP contribution in [0, 0.1) is 10.1 Å². The van der Waals surface area contributed by atoms with E-state index in [9.17, 15) is 14.9 Å². The number of fused-ring (bicyclic) bond motifs is 1. The van der Waals surface area contributed by atoms with Crippen LogP contribution in [0.4, 0.5) is 10.8 Å². The van der Waals surface area contributed by atoms with Crippen molar-refractivity contribution in [1.29, 1.82) is 0 Å². The van der Waals surface area contributed by atoms with Crippen molar-refractivity contribution in [3.63, 3.8) is 0 Å². The minimum absolute atomic E-state index is 0.00399. The Balaban J connectivity index is 1.49. The lowest BCUT2D eigenvalue weighted by molar-refractivity contribution is -0.384. The zero-order chi connectivity index (χ0) is 20.1. The fraction of sp³-hybridized carbons (Fsp3) is 0.263. The molecule has 1 aromatic heterocycles. The number of aryl methyl sites for hydroxylation is 1. The number of hydrogen-bond donors (Lipinski definition) is 1. The van der Waals surface area contributed by atoms with Crippen molar-refractivity contribution < 1.29 is 14.5 Å². The highest BCUT2D eigenvalue weighted by Crippen LogP contribution is 2.29. The molecule has 0 fully saturated rings. The van der Waals surface area contributed by atoms with Crippen molar-refractivity contribution in [3.8, 4) is 5.75 Å². The van der Waals surface area contributed by atoms with Gasteiger partial charge in [-0.3, -0.25) is 14.9 Å². The summed E-state index contributed by atoms with van der Waals surface area (Å²) < 4.78 is 7.28. The molecule has 0 aliphatic heterocycles. The smallest absolute Gasteiger partial charge is 0.270 e. The number of non-ortho nitro benzene ring substituents is 1. The van der Waals surface area contributed by atoms with Crippen LogP contribution in [0.1, 0.15) is 25.3 Å². The lowest BCUT2D eigenvalue weighted by Crippen LogP contribution is -2.12. The van der Waals surface area contributed by atoms with Crippen molar-refractivity contribution in [3.05, 3.63) is 56.5 Å². The number of nitro groups is 1. The van der Waals surface area contributed by atoms with Crippen molar-refractivity contribution >= 4 is 54.2 Å². The van der Waals surface area contributed by atoms with Gasteiger partial charge in [0.25, 0.3) is 5.69 Å². The molecule has 0 atom stereocenters. The number of aromatic nitrogens is 1. The molecule has 0 aliphatic carbocycles. The summed E-state index contributed by atoms with van der Waals surface area (Å²) in [4.78, 5) is 26.8. The third-order valence-corrected chi connectivity index (χ3v) is 5.59. The first kappa shape index (κ1) is 20.2. The molecule has 3 aromatic rings. The maximum absolute atomic E-state index is 12.1. The monoisotopic (exact) mass is 463 g/mol. The van der Waals surface area contributed by atoms with Gasteiger partial charge in [-0.25, -0.2) is 4.98 Å². The molecule has 0 radical (unpaired) electrons. The Hall–Kier alpha value is -2.52. The van der Waals surface area contributed by atoms with Gasteiger partial charge in [-0.15, -0.1) is 0 Å². The van der Waals surface area contributed by atoms with Crippen LogP contribution in [0.25, 0.3) is 10.2 Å². The second-order valence-electron chi connectivity index (χ2n) is 6.05. The molecule has 1 heterocycles. The highest BCUT2D eigenvalue weighted by molar-refractivity contribution is 9.10. The highest BCUT2D eigenvalue weighted by Gasteiger charge is 2.12. The van der Waals surface area contributed by atoms with Gasteiger partial charge in [-0.05, 0) is 52.5 Å². The fourth-order valence-corrected chi connectivity index (χ4v) is 4.01. The van der Waals surface area contributed by atoms with Gasteiger partial charge in [0.2, 0.25) is 5.91 Å². The molecule has 0 bridgehead atoms. The van der Waals surface area contributed by atoms with Gasteiger partial charge in [0.05, 0.1) is 26.2 Å². The van der Waals surface area contributed by atoms with Crippen LogP contribution < -0.4 is 10.1 Å². The van der Waals surface area contributed by atoms with Gasteiger partial charge in [0.1, 0.15) is 5.75 Å². The van der Waals surface area contributed by atoms with E-state index < -0.39 is 4.92 Å². The number of carbonyl (C=O) groups excluding carboxylic acids is 1. The van der Waals surface area contributed by atoms with E-state index in [1.165, 1.54) is 29.0 Å². The van der Waals surface area contributed by atoms with Crippen molar-refractivity contribution in [2.45, 2.75) is 26.2 Å². The molecule has 2 aromatic carbocycles. The van der Waals surface area contributed by atoms with Crippen LogP contribution in [0.2, 0.25) is 0 Å². The van der Waals surface area contributed by atoms with Crippen LogP contribution in [-0.4, -0.2) is 22.4 Å². The molecule has 1 amide bonds. The number of nitro benzene ring substituents is 1. The maximum Gasteiger partial charge on any atom is 0.270 e.